The SMILES string of the molecule is CC1=C(C(=O)O)[C@H](c2nccs2)N(C(=O)c2ccc(C(C)(C)C)cc2)[C@]1(CC(C)C)C(=O)OC(C)(C)C. The summed E-state index contributed by atoms with van der Waals surface area (Å²) < 4.78 is 5.89. The molecule has 0 fully saturated rings. The predicted molar refractivity (Wildman–Crippen MR) is 145 cm³/mol. The molecule has 2 heterocycles. The van der Waals surface area contributed by atoms with Crippen molar-refractivity contribution in [2.24, 2.45) is 5.92 Å². The van der Waals surface area contributed by atoms with Crippen LogP contribution in [-0.4, -0.2) is 44.0 Å². The standard InChI is InChI=1S/C29H38N2O5S/c1-17(2)16-29(26(35)36-28(7,8)9)18(3)21(25(33)34)22(23-30-14-15-37-23)31(29)24(32)19-10-12-20(13-11-19)27(4,5)6/h10-15,17,22H,16H2,1-9H3,(H,33,34)/t22-,29+/m1/s1. The zero-order chi connectivity index (χ0) is 27.9. The Morgan fingerprint density at radius 1 is 1.11 bits per heavy atom. The molecule has 0 bridgehead atoms. The van der Waals surface area contributed by atoms with Gasteiger partial charge in [-0.1, -0.05) is 46.8 Å². The molecule has 1 amide bonds. The van der Waals surface area contributed by atoms with Crippen molar-refractivity contribution in [3.8, 4) is 0 Å². The highest BCUT2D eigenvalue weighted by Gasteiger charge is 2.61. The molecule has 1 aliphatic rings. The number of amides is 1. The van der Waals surface area contributed by atoms with Crippen molar-refractivity contribution in [2.75, 3.05) is 0 Å². The van der Waals surface area contributed by atoms with Gasteiger partial charge in [-0.2, -0.15) is 0 Å². The van der Waals surface area contributed by atoms with Gasteiger partial charge in [-0.25, -0.2) is 14.6 Å². The van der Waals surface area contributed by atoms with Crippen LogP contribution in [0, 0.1) is 5.92 Å². The van der Waals surface area contributed by atoms with E-state index in [4.69, 9.17) is 4.74 Å². The largest absolute Gasteiger partial charge is 0.478 e. The van der Waals surface area contributed by atoms with Gasteiger partial charge in [-0.3, -0.25) is 4.79 Å². The fourth-order valence-electron chi connectivity index (χ4n) is 4.92. The maximum absolute atomic E-state index is 14.4. The van der Waals surface area contributed by atoms with Crippen molar-refractivity contribution in [1.82, 2.24) is 9.88 Å². The number of hydrogen-bond donors (Lipinski definition) is 1. The number of nitrogens with zero attached hydrogens (tertiary/aromatic N) is 2. The minimum atomic E-state index is -1.61. The Labute approximate surface area is 223 Å². The first kappa shape index (κ1) is 28.6. The number of carboxylic acid groups (broad SMARTS) is 1. The van der Waals surface area contributed by atoms with E-state index in [1.165, 1.54) is 16.2 Å². The number of carbonyl (C=O) groups excluding carboxylic acids is 2. The second kappa shape index (κ2) is 10.0. The third-order valence-corrected chi connectivity index (χ3v) is 7.37. The van der Waals surface area contributed by atoms with E-state index in [-0.39, 0.29) is 23.3 Å². The van der Waals surface area contributed by atoms with Gasteiger partial charge in [0, 0.05) is 17.1 Å². The minimum absolute atomic E-state index is 0.0129. The smallest absolute Gasteiger partial charge is 0.337 e. The molecule has 0 saturated heterocycles. The lowest BCUT2D eigenvalue weighted by Crippen LogP contribution is -2.58. The third kappa shape index (κ3) is 5.49. The van der Waals surface area contributed by atoms with Gasteiger partial charge in [0.2, 0.25) is 0 Å². The van der Waals surface area contributed by atoms with Crippen LogP contribution in [0.15, 0.2) is 47.0 Å². The molecule has 1 aromatic heterocycles. The highest BCUT2D eigenvalue weighted by Crippen LogP contribution is 2.51. The number of ether oxygens (including phenoxy) is 1. The maximum Gasteiger partial charge on any atom is 0.337 e. The highest BCUT2D eigenvalue weighted by molar-refractivity contribution is 7.09. The molecule has 37 heavy (non-hydrogen) atoms. The molecule has 0 spiro atoms. The van der Waals surface area contributed by atoms with E-state index in [0.29, 0.717) is 16.1 Å². The number of benzene rings is 1. The molecule has 7 nitrogen and oxygen atoms in total. The summed E-state index contributed by atoms with van der Waals surface area (Å²) in [5.74, 6) is -2.31. The van der Waals surface area contributed by atoms with E-state index in [9.17, 15) is 19.5 Å². The number of rotatable bonds is 6. The van der Waals surface area contributed by atoms with Crippen LogP contribution in [0.4, 0.5) is 0 Å². The van der Waals surface area contributed by atoms with E-state index < -0.39 is 35.0 Å². The van der Waals surface area contributed by atoms with Gasteiger partial charge < -0.3 is 14.7 Å². The normalized spacial score (nSPS) is 20.5. The number of hydrogen-bond acceptors (Lipinski definition) is 6. The molecule has 0 unspecified atom stereocenters. The molecule has 2 aromatic rings. The molecule has 0 radical (unpaired) electrons. The quantitative estimate of drug-likeness (QED) is 0.453. The van der Waals surface area contributed by atoms with Crippen LogP contribution in [0.3, 0.4) is 0 Å². The predicted octanol–water partition coefficient (Wildman–Crippen LogP) is 6.17. The fraction of sp³-hybridized carbons (Fsp3) is 0.517. The van der Waals surface area contributed by atoms with Crippen molar-refractivity contribution in [1.29, 1.82) is 0 Å². The second-order valence-electron chi connectivity index (χ2n) is 12.1. The average Bonchev–Trinajstić information content (AvgIpc) is 3.37. The highest BCUT2D eigenvalue weighted by atomic mass is 32.1. The molecule has 3 rings (SSSR count). The van der Waals surface area contributed by atoms with Gasteiger partial charge in [0.15, 0.2) is 5.54 Å². The number of esters is 1. The maximum atomic E-state index is 14.4. The van der Waals surface area contributed by atoms with E-state index >= 15 is 0 Å². The van der Waals surface area contributed by atoms with E-state index in [2.05, 4.69) is 25.8 Å². The summed E-state index contributed by atoms with van der Waals surface area (Å²) in [7, 11) is 0. The number of thiazole rings is 1. The summed E-state index contributed by atoms with van der Waals surface area (Å²) in [4.78, 5) is 47.0. The van der Waals surface area contributed by atoms with Crippen molar-refractivity contribution in [3.05, 3.63) is 63.1 Å². The van der Waals surface area contributed by atoms with Crippen LogP contribution >= 0.6 is 11.3 Å². The van der Waals surface area contributed by atoms with Crippen LogP contribution in [0.2, 0.25) is 0 Å². The minimum Gasteiger partial charge on any atom is -0.478 e. The summed E-state index contributed by atoms with van der Waals surface area (Å²) in [5.41, 5.74) is -0.832. The molecular formula is C29H38N2O5S. The van der Waals surface area contributed by atoms with Crippen molar-refractivity contribution < 1.29 is 24.2 Å². The summed E-state index contributed by atoms with van der Waals surface area (Å²) in [6.07, 6.45) is 1.78. The molecule has 1 aliphatic heterocycles. The van der Waals surface area contributed by atoms with E-state index in [1.807, 2.05) is 26.0 Å². The Balaban J connectivity index is 2.32. The Hall–Kier alpha value is -3.00. The molecule has 0 saturated carbocycles. The molecule has 200 valence electrons. The van der Waals surface area contributed by atoms with Crippen molar-refractivity contribution >= 4 is 29.2 Å². The van der Waals surface area contributed by atoms with Gasteiger partial charge in [-0.05, 0) is 68.7 Å². The number of carboxylic acids is 1. The van der Waals surface area contributed by atoms with Crippen LogP contribution in [0.5, 0.6) is 0 Å². The molecule has 1 aromatic carbocycles. The lowest BCUT2D eigenvalue weighted by atomic mass is 9.81. The molecular weight excluding hydrogens is 488 g/mol. The van der Waals surface area contributed by atoms with Crippen LogP contribution in [-0.2, 0) is 19.7 Å². The van der Waals surface area contributed by atoms with Gasteiger partial charge in [0.25, 0.3) is 5.91 Å². The molecule has 0 aliphatic carbocycles. The Morgan fingerprint density at radius 2 is 1.70 bits per heavy atom. The topological polar surface area (TPSA) is 96.8 Å². The van der Waals surface area contributed by atoms with E-state index in [0.717, 1.165) is 5.56 Å². The first-order chi connectivity index (χ1) is 17.0. The van der Waals surface area contributed by atoms with Crippen LogP contribution < -0.4 is 0 Å². The summed E-state index contributed by atoms with van der Waals surface area (Å²) >= 11 is 1.26. The second-order valence-corrected chi connectivity index (χ2v) is 13.0. The number of aromatic nitrogens is 1. The van der Waals surface area contributed by atoms with Crippen LogP contribution in [0.1, 0.15) is 95.7 Å². The molecule has 2 atom stereocenters. The lowest BCUT2D eigenvalue weighted by Gasteiger charge is -2.42. The van der Waals surface area contributed by atoms with Crippen molar-refractivity contribution in [2.45, 2.75) is 91.3 Å². The van der Waals surface area contributed by atoms with E-state index in [1.54, 1.807) is 51.4 Å². The van der Waals surface area contributed by atoms with Gasteiger partial charge in [0.1, 0.15) is 16.7 Å². The fourth-order valence-corrected chi connectivity index (χ4v) is 5.66. The third-order valence-electron chi connectivity index (χ3n) is 6.54. The Morgan fingerprint density at radius 3 is 2.14 bits per heavy atom. The average molecular weight is 527 g/mol. The Kier molecular flexibility index (Phi) is 7.76. The van der Waals surface area contributed by atoms with Crippen LogP contribution in [0.25, 0.3) is 0 Å². The number of aliphatic carboxylic acids is 1. The first-order valence-corrected chi connectivity index (χ1v) is 13.4. The summed E-state index contributed by atoms with van der Waals surface area (Å²) in [5, 5.41) is 12.5. The summed E-state index contributed by atoms with van der Waals surface area (Å²) in [6, 6.07) is 6.25. The zero-order valence-corrected chi connectivity index (χ0v) is 24.0. The Bertz CT molecular complexity index is 1200. The molecule has 1 N–H and O–H groups in total. The van der Waals surface area contributed by atoms with Gasteiger partial charge in [-0.15, -0.1) is 11.3 Å². The van der Waals surface area contributed by atoms with Gasteiger partial charge >= 0.3 is 11.9 Å². The zero-order valence-electron chi connectivity index (χ0n) is 23.2. The van der Waals surface area contributed by atoms with Crippen molar-refractivity contribution in [3.63, 3.8) is 0 Å². The number of carbonyl (C=O) groups is 3. The lowest BCUT2D eigenvalue weighted by molar-refractivity contribution is -0.167. The summed E-state index contributed by atoms with van der Waals surface area (Å²) in [6.45, 7) is 17.1. The monoisotopic (exact) mass is 526 g/mol. The van der Waals surface area contributed by atoms with Gasteiger partial charge in [0.05, 0.1) is 5.57 Å². The first-order valence-electron chi connectivity index (χ1n) is 12.5. The molecule has 8 heteroatoms.